The van der Waals surface area contributed by atoms with E-state index < -0.39 is 34.4 Å². The molecule has 0 aliphatic rings. The Morgan fingerprint density at radius 1 is 0.907 bits per heavy atom. The van der Waals surface area contributed by atoms with Gasteiger partial charge in [0, 0.05) is 41.3 Å². The SMILES string of the molecule is COc1cc2nccc(Oc3ccc(NC(=O)c4cc(C(C)=O)c(C)n(-c5ccc(F)cn5)c4=O)cc3F)c2nc1OC. The predicted octanol–water partition coefficient (Wildman–Crippen LogP) is 5.03. The van der Waals surface area contributed by atoms with Gasteiger partial charge in [-0.15, -0.1) is 0 Å². The van der Waals surface area contributed by atoms with E-state index in [0.717, 1.165) is 29.0 Å². The predicted molar refractivity (Wildman–Crippen MR) is 152 cm³/mol. The molecule has 11 nitrogen and oxygen atoms in total. The van der Waals surface area contributed by atoms with Gasteiger partial charge in [-0.3, -0.25) is 23.9 Å². The van der Waals surface area contributed by atoms with Crippen molar-refractivity contribution >= 4 is 28.4 Å². The number of amides is 1. The fourth-order valence-electron chi connectivity index (χ4n) is 4.36. The summed E-state index contributed by atoms with van der Waals surface area (Å²) in [4.78, 5) is 51.3. The zero-order valence-electron chi connectivity index (χ0n) is 23.3. The molecule has 0 atom stereocenters. The summed E-state index contributed by atoms with van der Waals surface area (Å²) in [5.74, 6) is -2.20. The Bertz CT molecular complexity index is 1960. The molecule has 0 saturated carbocycles. The molecule has 0 spiro atoms. The van der Waals surface area contributed by atoms with Crippen molar-refractivity contribution in [1.82, 2.24) is 19.5 Å². The van der Waals surface area contributed by atoms with Gasteiger partial charge in [0.25, 0.3) is 17.3 Å². The fourth-order valence-corrected chi connectivity index (χ4v) is 4.36. The van der Waals surface area contributed by atoms with Crippen molar-refractivity contribution in [1.29, 1.82) is 0 Å². The molecule has 1 amide bonds. The Labute approximate surface area is 242 Å². The van der Waals surface area contributed by atoms with Crippen LogP contribution in [0.4, 0.5) is 14.5 Å². The number of hydrogen-bond donors (Lipinski definition) is 1. The van der Waals surface area contributed by atoms with Gasteiger partial charge in [-0.1, -0.05) is 0 Å². The molecular formula is C30H23F2N5O6. The second-order valence-corrected chi connectivity index (χ2v) is 9.17. The van der Waals surface area contributed by atoms with Crippen molar-refractivity contribution in [3.8, 4) is 28.9 Å². The topological polar surface area (TPSA) is 135 Å². The van der Waals surface area contributed by atoms with Crippen LogP contribution in [0, 0.1) is 18.6 Å². The van der Waals surface area contributed by atoms with E-state index in [1.165, 1.54) is 58.5 Å². The normalized spacial score (nSPS) is 10.8. The molecule has 13 heteroatoms. The monoisotopic (exact) mass is 587 g/mol. The van der Waals surface area contributed by atoms with Crippen LogP contribution < -0.4 is 25.1 Å². The summed E-state index contributed by atoms with van der Waals surface area (Å²) in [6, 6.07) is 10.3. The van der Waals surface area contributed by atoms with Gasteiger partial charge in [0.15, 0.2) is 28.8 Å². The van der Waals surface area contributed by atoms with E-state index in [4.69, 9.17) is 14.2 Å². The fraction of sp³-hybridized carbons (Fsp3) is 0.133. The lowest BCUT2D eigenvalue weighted by atomic mass is 10.1. The third-order valence-electron chi connectivity index (χ3n) is 6.44. The zero-order valence-corrected chi connectivity index (χ0v) is 23.3. The summed E-state index contributed by atoms with van der Waals surface area (Å²) < 4.78 is 45.9. The lowest BCUT2D eigenvalue weighted by molar-refractivity contribution is 0.101. The second kappa shape index (κ2) is 11.6. The molecule has 218 valence electrons. The molecular weight excluding hydrogens is 564 g/mol. The summed E-state index contributed by atoms with van der Waals surface area (Å²) in [5, 5.41) is 2.47. The molecule has 5 aromatic rings. The van der Waals surface area contributed by atoms with Crippen molar-refractivity contribution in [3.63, 3.8) is 0 Å². The zero-order chi connectivity index (χ0) is 30.8. The van der Waals surface area contributed by atoms with E-state index in [1.807, 2.05) is 0 Å². The summed E-state index contributed by atoms with van der Waals surface area (Å²) in [5.41, 5.74) is -0.179. The molecule has 4 aromatic heterocycles. The summed E-state index contributed by atoms with van der Waals surface area (Å²) in [6.07, 6.45) is 2.37. The highest BCUT2D eigenvalue weighted by Gasteiger charge is 2.22. The Kier molecular flexibility index (Phi) is 7.80. The molecule has 0 aliphatic carbocycles. The highest BCUT2D eigenvalue weighted by atomic mass is 19.1. The Balaban J connectivity index is 1.45. The van der Waals surface area contributed by atoms with Crippen LogP contribution >= 0.6 is 0 Å². The molecule has 0 unspecified atom stereocenters. The molecule has 0 radical (unpaired) electrons. The summed E-state index contributed by atoms with van der Waals surface area (Å²) >= 11 is 0. The van der Waals surface area contributed by atoms with E-state index in [9.17, 15) is 18.8 Å². The molecule has 0 aliphatic heterocycles. The van der Waals surface area contributed by atoms with Gasteiger partial charge in [-0.05, 0) is 44.2 Å². The van der Waals surface area contributed by atoms with Crippen LogP contribution in [0.25, 0.3) is 16.9 Å². The third kappa shape index (κ3) is 5.60. The van der Waals surface area contributed by atoms with Gasteiger partial charge in [-0.2, -0.15) is 0 Å². The second-order valence-electron chi connectivity index (χ2n) is 9.17. The number of ether oxygens (including phenoxy) is 3. The summed E-state index contributed by atoms with van der Waals surface area (Å²) in [7, 11) is 2.88. The van der Waals surface area contributed by atoms with Crippen LogP contribution in [0.1, 0.15) is 33.3 Å². The maximum absolute atomic E-state index is 15.2. The van der Waals surface area contributed by atoms with Crippen LogP contribution in [0.3, 0.4) is 0 Å². The summed E-state index contributed by atoms with van der Waals surface area (Å²) in [6.45, 7) is 2.78. The number of pyridine rings is 4. The number of anilines is 1. The van der Waals surface area contributed by atoms with E-state index in [0.29, 0.717) is 16.8 Å². The van der Waals surface area contributed by atoms with Gasteiger partial charge < -0.3 is 19.5 Å². The minimum absolute atomic E-state index is 0.00905. The standard InChI is InChI=1S/C30H23F2N5O6/c1-15-19(16(2)38)12-20(30(40)37(15)26-8-5-17(31)14-34-26)28(39)35-18-6-7-23(21(32)11-18)43-24-9-10-33-22-13-25(41-3)29(42-4)36-27(22)24/h5-14H,1-4H3,(H,35,39). The lowest BCUT2D eigenvalue weighted by Gasteiger charge is -2.15. The lowest BCUT2D eigenvalue weighted by Crippen LogP contribution is -2.31. The highest BCUT2D eigenvalue weighted by Crippen LogP contribution is 2.35. The highest BCUT2D eigenvalue weighted by molar-refractivity contribution is 6.06. The van der Waals surface area contributed by atoms with Crippen LogP contribution in [0.2, 0.25) is 0 Å². The number of Topliss-reactive ketones (excluding diaryl/α,β-unsaturated/α-hetero) is 1. The average molecular weight is 588 g/mol. The molecule has 0 fully saturated rings. The number of hydrogen-bond acceptors (Lipinski definition) is 9. The molecule has 5 rings (SSSR count). The Morgan fingerprint density at radius 3 is 2.35 bits per heavy atom. The number of aromatic nitrogens is 4. The van der Waals surface area contributed by atoms with Crippen molar-refractivity contribution < 1.29 is 32.6 Å². The van der Waals surface area contributed by atoms with Crippen molar-refractivity contribution in [2.24, 2.45) is 0 Å². The maximum Gasteiger partial charge on any atom is 0.269 e. The van der Waals surface area contributed by atoms with Crippen LogP contribution in [-0.2, 0) is 0 Å². The van der Waals surface area contributed by atoms with E-state index in [1.54, 1.807) is 6.07 Å². The third-order valence-corrected chi connectivity index (χ3v) is 6.44. The number of methoxy groups -OCH3 is 2. The van der Waals surface area contributed by atoms with Crippen LogP contribution in [0.5, 0.6) is 23.1 Å². The van der Waals surface area contributed by atoms with Gasteiger partial charge in [0.2, 0.25) is 0 Å². The first-order chi connectivity index (χ1) is 20.6. The number of nitrogens with one attached hydrogen (secondary N) is 1. The van der Waals surface area contributed by atoms with Gasteiger partial charge in [0.1, 0.15) is 22.7 Å². The quantitative estimate of drug-likeness (QED) is 0.248. The number of nitrogens with zero attached hydrogens (tertiary/aromatic N) is 4. The number of carbonyl (C=O) groups excluding carboxylic acids is 2. The molecule has 4 heterocycles. The van der Waals surface area contributed by atoms with E-state index >= 15 is 4.39 Å². The number of halogens is 2. The molecule has 0 bridgehead atoms. The number of benzene rings is 1. The largest absolute Gasteiger partial charge is 0.491 e. The first kappa shape index (κ1) is 28.8. The molecule has 0 saturated heterocycles. The minimum Gasteiger partial charge on any atom is -0.491 e. The first-order valence-corrected chi connectivity index (χ1v) is 12.7. The van der Waals surface area contributed by atoms with Gasteiger partial charge in [-0.25, -0.2) is 18.7 Å². The van der Waals surface area contributed by atoms with Gasteiger partial charge >= 0.3 is 0 Å². The molecule has 1 aromatic carbocycles. The van der Waals surface area contributed by atoms with Crippen LogP contribution in [0.15, 0.2) is 65.7 Å². The smallest absolute Gasteiger partial charge is 0.269 e. The number of carbonyl (C=O) groups is 2. The Hall–Kier alpha value is -5.72. The molecule has 1 N–H and O–H groups in total. The van der Waals surface area contributed by atoms with Crippen LogP contribution in [-0.4, -0.2) is 45.4 Å². The number of fused-ring (bicyclic) bond motifs is 1. The van der Waals surface area contributed by atoms with Gasteiger partial charge in [0.05, 0.1) is 25.9 Å². The first-order valence-electron chi connectivity index (χ1n) is 12.7. The maximum atomic E-state index is 15.2. The number of ketones is 1. The van der Waals surface area contributed by atoms with E-state index in [-0.39, 0.29) is 40.1 Å². The van der Waals surface area contributed by atoms with Crippen molar-refractivity contribution in [3.05, 3.63) is 99.7 Å². The Morgan fingerprint density at radius 2 is 1.70 bits per heavy atom. The van der Waals surface area contributed by atoms with Crippen molar-refractivity contribution in [2.45, 2.75) is 13.8 Å². The minimum atomic E-state index is -0.901. The number of rotatable bonds is 8. The average Bonchev–Trinajstić information content (AvgIpc) is 2.98. The van der Waals surface area contributed by atoms with E-state index in [2.05, 4.69) is 20.3 Å². The van der Waals surface area contributed by atoms with Crippen molar-refractivity contribution in [2.75, 3.05) is 19.5 Å². The molecule has 43 heavy (non-hydrogen) atoms.